The van der Waals surface area contributed by atoms with Crippen molar-refractivity contribution in [2.24, 2.45) is 5.92 Å². The minimum absolute atomic E-state index is 0.281. The number of aryl methyl sites for hydroxylation is 2. The van der Waals surface area contributed by atoms with Gasteiger partial charge >= 0.3 is 5.97 Å². The molecular weight excluding hydrogens is 422 g/mol. The zero-order valence-corrected chi connectivity index (χ0v) is 22.0. The molecule has 2 aromatic rings. The molecule has 186 valence electrons. The van der Waals surface area contributed by atoms with Crippen LogP contribution in [0.1, 0.15) is 85.0 Å². The zero-order valence-electron chi connectivity index (χ0n) is 22.0. The summed E-state index contributed by atoms with van der Waals surface area (Å²) in [7, 11) is 1.41. The minimum Gasteiger partial charge on any atom is -0.465 e. The SMILES string of the molecule is C=C(c1ccc(C)c(C)c1)N1CCC(c2ccc(C(=O)OC)cc2)CC1.C=O.CC.CC1CC1. The van der Waals surface area contributed by atoms with E-state index in [9.17, 15) is 4.79 Å². The third kappa shape index (κ3) is 8.81. The lowest BCUT2D eigenvalue weighted by Gasteiger charge is -2.35. The summed E-state index contributed by atoms with van der Waals surface area (Å²) >= 11 is 0. The van der Waals surface area contributed by atoms with Crippen molar-refractivity contribution in [2.45, 2.75) is 66.2 Å². The van der Waals surface area contributed by atoms with Crippen molar-refractivity contribution in [1.29, 1.82) is 0 Å². The number of esters is 1. The number of piperidine rings is 1. The molecule has 1 saturated carbocycles. The predicted molar refractivity (Wildman–Crippen MR) is 143 cm³/mol. The molecule has 2 aromatic carbocycles. The van der Waals surface area contributed by atoms with Crippen molar-refractivity contribution >= 4 is 18.5 Å². The van der Waals surface area contributed by atoms with Gasteiger partial charge in [-0.15, -0.1) is 0 Å². The molecule has 4 nitrogen and oxygen atoms in total. The third-order valence-electron chi connectivity index (χ3n) is 6.39. The lowest BCUT2D eigenvalue weighted by atomic mass is 9.88. The average molecular weight is 466 g/mol. The van der Waals surface area contributed by atoms with Crippen LogP contribution in [0.3, 0.4) is 0 Å². The van der Waals surface area contributed by atoms with Crippen LogP contribution in [0.4, 0.5) is 0 Å². The second-order valence-electron chi connectivity index (χ2n) is 8.80. The van der Waals surface area contributed by atoms with E-state index in [0.717, 1.165) is 37.5 Å². The number of carbonyl (C=O) groups is 2. The summed E-state index contributed by atoms with van der Waals surface area (Å²) in [4.78, 5) is 22.0. The van der Waals surface area contributed by atoms with Gasteiger partial charge in [-0.05, 0) is 79.0 Å². The number of ether oxygens (including phenoxy) is 1. The second kappa shape index (κ2) is 15.1. The Hall–Kier alpha value is -2.88. The standard InChI is InChI=1S/C23H27NO2.C4H8.C2H6.CH2O/c1-16-5-6-22(15-17(16)2)18(3)24-13-11-20(12-14-24)19-7-9-21(10-8-19)23(25)26-4;1-4-2-3-4;2*1-2/h5-10,15,20H,3,11-14H2,1-2,4H3;4H,2-3H2,1H3;1-2H3;1H2. The molecule has 2 fully saturated rings. The first-order valence-corrected chi connectivity index (χ1v) is 12.4. The highest BCUT2D eigenvalue weighted by Crippen LogP contribution is 2.32. The van der Waals surface area contributed by atoms with Crippen molar-refractivity contribution in [3.05, 3.63) is 76.9 Å². The molecule has 0 radical (unpaired) electrons. The molecule has 0 aromatic heterocycles. The van der Waals surface area contributed by atoms with E-state index in [0.29, 0.717) is 11.5 Å². The van der Waals surface area contributed by atoms with E-state index in [1.54, 1.807) is 0 Å². The highest BCUT2D eigenvalue weighted by molar-refractivity contribution is 5.89. The Morgan fingerprint density at radius 3 is 1.82 bits per heavy atom. The van der Waals surface area contributed by atoms with Gasteiger partial charge in [0.15, 0.2) is 0 Å². The molecular formula is C30H43NO3. The molecule has 0 N–H and O–H groups in total. The van der Waals surface area contributed by atoms with Crippen molar-refractivity contribution in [2.75, 3.05) is 20.2 Å². The first-order chi connectivity index (χ1) is 16.4. The van der Waals surface area contributed by atoms with Gasteiger partial charge in [0.2, 0.25) is 0 Å². The van der Waals surface area contributed by atoms with E-state index in [-0.39, 0.29) is 5.97 Å². The molecule has 34 heavy (non-hydrogen) atoms. The molecule has 2 aliphatic rings. The quantitative estimate of drug-likeness (QED) is 0.448. The van der Waals surface area contributed by atoms with Gasteiger partial charge < -0.3 is 14.4 Å². The Balaban J connectivity index is 0.000000628. The van der Waals surface area contributed by atoms with Gasteiger partial charge in [0.05, 0.1) is 12.7 Å². The average Bonchev–Trinajstić information content (AvgIpc) is 3.69. The number of nitrogens with zero attached hydrogens (tertiary/aromatic N) is 1. The molecule has 1 saturated heterocycles. The fraction of sp³-hybridized carbons (Fsp3) is 0.467. The molecule has 1 aliphatic carbocycles. The van der Waals surface area contributed by atoms with E-state index >= 15 is 0 Å². The number of hydrogen-bond donors (Lipinski definition) is 0. The van der Waals surface area contributed by atoms with Crippen LogP contribution in [0.15, 0.2) is 49.0 Å². The summed E-state index contributed by atoms with van der Waals surface area (Å²) in [6.45, 7) is 18.9. The van der Waals surface area contributed by atoms with Gasteiger partial charge in [-0.25, -0.2) is 4.79 Å². The van der Waals surface area contributed by atoms with Crippen LogP contribution in [0.5, 0.6) is 0 Å². The molecule has 0 bridgehead atoms. The monoisotopic (exact) mass is 465 g/mol. The Morgan fingerprint density at radius 1 is 0.882 bits per heavy atom. The van der Waals surface area contributed by atoms with Crippen LogP contribution in [-0.4, -0.2) is 37.9 Å². The Kier molecular flexibility index (Phi) is 13.0. The number of likely N-dealkylation sites (tertiary alicyclic amines) is 1. The predicted octanol–water partition coefficient (Wildman–Crippen LogP) is 7.20. The van der Waals surface area contributed by atoms with Crippen LogP contribution in [-0.2, 0) is 9.53 Å². The first kappa shape index (κ1) is 29.2. The van der Waals surface area contributed by atoms with E-state index in [1.807, 2.05) is 32.8 Å². The van der Waals surface area contributed by atoms with Gasteiger partial charge in [0.25, 0.3) is 0 Å². The Labute approximate surface area is 207 Å². The Morgan fingerprint density at radius 2 is 1.38 bits per heavy atom. The van der Waals surface area contributed by atoms with E-state index in [2.05, 4.69) is 62.6 Å². The lowest BCUT2D eigenvalue weighted by molar-refractivity contribution is -0.0980. The van der Waals surface area contributed by atoms with Gasteiger partial charge in [-0.1, -0.05) is 64.5 Å². The maximum atomic E-state index is 11.6. The van der Waals surface area contributed by atoms with Crippen molar-refractivity contribution < 1.29 is 14.3 Å². The summed E-state index contributed by atoms with van der Waals surface area (Å²) < 4.78 is 4.76. The van der Waals surface area contributed by atoms with E-state index < -0.39 is 0 Å². The van der Waals surface area contributed by atoms with Crippen molar-refractivity contribution in [1.82, 2.24) is 4.90 Å². The number of hydrogen-bond acceptors (Lipinski definition) is 4. The molecule has 0 atom stereocenters. The fourth-order valence-corrected chi connectivity index (χ4v) is 3.76. The highest BCUT2D eigenvalue weighted by Gasteiger charge is 2.22. The number of carbonyl (C=O) groups excluding carboxylic acids is 2. The van der Waals surface area contributed by atoms with Gasteiger partial charge in [-0.2, -0.15) is 0 Å². The summed E-state index contributed by atoms with van der Waals surface area (Å²) in [5, 5.41) is 0. The zero-order chi connectivity index (χ0) is 25.7. The maximum Gasteiger partial charge on any atom is 0.337 e. The summed E-state index contributed by atoms with van der Waals surface area (Å²) in [6, 6.07) is 14.4. The first-order valence-electron chi connectivity index (χ1n) is 12.4. The molecule has 4 heteroatoms. The lowest BCUT2D eigenvalue weighted by Crippen LogP contribution is -2.31. The fourth-order valence-electron chi connectivity index (χ4n) is 3.76. The smallest absolute Gasteiger partial charge is 0.337 e. The van der Waals surface area contributed by atoms with Crippen LogP contribution in [0, 0.1) is 19.8 Å². The topological polar surface area (TPSA) is 46.6 Å². The van der Waals surface area contributed by atoms with Crippen LogP contribution in [0.2, 0.25) is 0 Å². The molecule has 4 rings (SSSR count). The number of methoxy groups -OCH3 is 1. The normalized spacial score (nSPS) is 14.8. The van der Waals surface area contributed by atoms with Gasteiger partial charge in [-0.3, -0.25) is 0 Å². The number of rotatable bonds is 4. The highest BCUT2D eigenvalue weighted by atomic mass is 16.5. The molecule has 0 spiro atoms. The largest absolute Gasteiger partial charge is 0.465 e. The molecule has 0 amide bonds. The van der Waals surface area contributed by atoms with Crippen LogP contribution >= 0.6 is 0 Å². The molecule has 1 heterocycles. The van der Waals surface area contributed by atoms with E-state index in [4.69, 9.17) is 9.53 Å². The Bertz CT molecular complexity index is 892. The summed E-state index contributed by atoms with van der Waals surface area (Å²) in [5.74, 6) is 1.33. The summed E-state index contributed by atoms with van der Waals surface area (Å²) in [5.41, 5.74) is 6.87. The van der Waals surface area contributed by atoms with Crippen molar-refractivity contribution in [3.8, 4) is 0 Å². The molecule has 1 aliphatic heterocycles. The van der Waals surface area contributed by atoms with Crippen molar-refractivity contribution in [3.63, 3.8) is 0 Å². The number of benzene rings is 2. The van der Waals surface area contributed by atoms with Gasteiger partial charge in [0, 0.05) is 18.8 Å². The van der Waals surface area contributed by atoms with Crippen LogP contribution < -0.4 is 0 Å². The molecule has 0 unspecified atom stereocenters. The second-order valence-corrected chi connectivity index (χ2v) is 8.80. The maximum absolute atomic E-state index is 11.6. The summed E-state index contributed by atoms with van der Waals surface area (Å²) in [6.07, 6.45) is 5.17. The van der Waals surface area contributed by atoms with Gasteiger partial charge in [0.1, 0.15) is 6.79 Å². The van der Waals surface area contributed by atoms with E-state index in [1.165, 1.54) is 42.2 Å². The minimum atomic E-state index is -0.281. The third-order valence-corrected chi connectivity index (χ3v) is 6.39. The van der Waals surface area contributed by atoms with Crippen LogP contribution in [0.25, 0.3) is 5.70 Å².